The molecule has 1 amide bonds. The summed E-state index contributed by atoms with van der Waals surface area (Å²) in [7, 11) is 0. The molecule has 0 radical (unpaired) electrons. The van der Waals surface area contributed by atoms with Gasteiger partial charge in [0.2, 0.25) is 5.76 Å². The van der Waals surface area contributed by atoms with E-state index in [2.05, 4.69) is 0 Å². The van der Waals surface area contributed by atoms with Crippen molar-refractivity contribution in [3.8, 4) is 0 Å². The SMILES string of the molecule is O=C1c2oc3ccc(F)cc3c(=O)c2C(c2cccc(Cl)c2)N1c1cccc(Cl)c1. The third-order valence-corrected chi connectivity index (χ3v) is 5.55. The Morgan fingerprint density at radius 2 is 1.63 bits per heavy atom. The zero-order valence-corrected chi connectivity index (χ0v) is 16.7. The largest absolute Gasteiger partial charge is 0.450 e. The highest BCUT2D eigenvalue weighted by Gasteiger charge is 2.43. The molecule has 0 saturated carbocycles. The molecule has 0 fully saturated rings. The Balaban J connectivity index is 1.84. The van der Waals surface area contributed by atoms with Gasteiger partial charge in [0, 0.05) is 15.7 Å². The lowest BCUT2D eigenvalue weighted by atomic mass is 9.98. The van der Waals surface area contributed by atoms with Crippen LogP contribution in [0.2, 0.25) is 10.0 Å². The van der Waals surface area contributed by atoms with Gasteiger partial charge in [0.05, 0.1) is 17.0 Å². The predicted octanol–water partition coefficient (Wildman–Crippen LogP) is 5.99. The maximum Gasteiger partial charge on any atom is 0.295 e. The van der Waals surface area contributed by atoms with Gasteiger partial charge in [0.25, 0.3) is 5.91 Å². The number of rotatable bonds is 2. The van der Waals surface area contributed by atoms with Gasteiger partial charge >= 0.3 is 0 Å². The number of fused-ring (bicyclic) bond motifs is 2. The summed E-state index contributed by atoms with van der Waals surface area (Å²) in [4.78, 5) is 28.2. The third-order valence-electron chi connectivity index (χ3n) is 5.08. The zero-order chi connectivity index (χ0) is 21.0. The van der Waals surface area contributed by atoms with Crippen molar-refractivity contribution < 1.29 is 13.6 Å². The molecule has 1 atom stereocenters. The lowest BCUT2D eigenvalue weighted by Gasteiger charge is -2.25. The highest BCUT2D eigenvalue weighted by atomic mass is 35.5. The van der Waals surface area contributed by atoms with Crippen LogP contribution in [0.5, 0.6) is 0 Å². The summed E-state index contributed by atoms with van der Waals surface area (Å²) in [6.07, 6.45) is 0. The minimum atomic E-state index is -0.798. The molecule has 4 nitrogen and oxygen atoms in total. The van der Waals surface area contributed by atoms with Gasteiger partial charge in [-0.05, 0) is 54.1 Å². The molecule has 1 unspecified atom stereocenters. The van der Waals surface area contributed by atoms with Crippen LogP contribution in [0.15, 0.2) is 75.9 Å². The number of nitrogens with zero attached hydrogens (tertiary/aromatic N) is 1. The van der Waals surface area contributed by atoms with Gasteiger partial charge in [-0.25, -0.2) is 4.39 Å². The summed E-state index contributed by atoms with van der Waals surface area (Å²) < 4.78 is 19.6. The van der Waals surface area contributed by atoms with E-state index in [4.69, 9.17) is 27.6 Å². The van der Waals surface area contributed by atoms with Crippen molar-refractivity contribution in [2.75, 3.05) is 4.90 Å². The number of carbonyl (C=O) groups excluding carboxylic acids is 1. The molecule has 0 aliphatic carbocycles. The number of benzene rings is 3. The fourth-order valence-corrected chi connectivity index (χ4v) is 4.21. The van der Waals surface area contributed by atoms with Gasteiger partial charge in [-0.1, -0.05) is 41.4 Å². The van der Waals surface area contributed by atoms with Crippen molar-refractivity contribution in [3.05, 3.63) is 110 Å². The molecule has 1 aliphatic heterocycles. The second-order valence-corrected chi connectivity index (χ2v) is 7.80. The van der Waals surface area contributed by atoms with Crippen LogP contribution < -0.4 is 10.3 Å². The Bertz CT molecular complexity index is 1400. The molecule has 5 rings (SSSR count). The number of halogens is 3. The first-order chi connectivity index (χ1) is 14.4. The van der Waals surface area contributed by atoms with E-state index in [0.29, 0.717) is 21.3 Å². The van der Waals surface area contributed by atoms with Crippen LogP contribution in [0.25, 0.3) is 11.0 Å². The van der Waals surface area contributed by atoms with Gasteiger partial charge in [-0.15, -0.1) is 0 Å². The first-order valence-corrected chi connectivity index (χ1v) is 9.80. The average Bonchev–Trinajstić information content (AvgIpc) is 3.01. The van der Waals surface area contributed by atoms with Crippen LogP contribution in [0, 0.1) is 5.82 Å². The Morgan fingerprint density at radius 1 is 0.900 bits per heavy atom. The summed E-state index contributed by atoms with van der Waals surface area (Å²) >= 11 is 12.3. The second kappa shape index (κ2) is 6.97. The van der Waals surface area contributed by atoms with Crippen LogP contribution in [-0.4, -0.2) is 5.91 Å². The normalized spacial score (nSPS) is 15.6. The van der Waals surface area contributed by atoms with Crippen molar-refractivity contribution in [1.29, 1.82) is 0 Å². The molecule has 3 aromatic carbocycles. The predicted molar refractivity (Wildman–Crippen MR) is 114 cm³/mol. The van der Waals surface area contributed by atoms with Crippen LogP contribution in [0.4, 0.5) is 10.1 Å². The lowest BCUT2D eigenvalue weighted by Crippen LogP contribution is -2.29. The topological polar surface area (TPSA) is 50.5 Å². The number of carbonyl (C=O) groups is 1. The Kier molecular flexibility index (Phi) is 4.38. The number of hydrogen-bond donors (Lipinski definition) is 0. The maximum absolute atomic E-state index is 13.8. The monoisotopic (exact) mass is 439 g/mol. The number of hydrogen-bond acceptors (Lipinski definition) is 3. The molecule has 1 aliphatic rings. The van der Waals surface area contributed by atoms with Gasteiger partial charge in [0.15, 0.2) is 5.43 Å². The molecule has 7 heteroatoms. The van der Waals surface area contributed by atoms with E-state index in [-0.39, 0.29) is 22.3 Å². The maximum atomic E-state index is 13.8. The van der Waals surface area contributed by atoms with E-state index in [1.54, 1.807) is 48.5 Å². The summed E-state index contributed by atoms with van der Waals surface area (Å²) in [6.45, 7) is 0. The summed E-state index contributed by atoms with van der Waals surface area (Å²) in [5.74, 6) is -1.13. The van der Waals surface area contributed by atoms with E-state index in [9.17, 15) is 14.0 Å². The summed E-state index contributed by atoms with van der Waals surface area (Å²) in [6, 6.07) is 16.5. The van der Waals surface area contributed by atoms with Crippen LogP contribution in [0.3, 0.4) is 0 Å². The van der Waals surface area contributed by atoms with Crippen LogP contribution >= 0.6 is 23.2 Å². The van der Waals surface area contributed by atoms with E-state index < -0.39 is 23.2 Å². The molecule has 0 bridgehead atoms. The van der Waals surface area contributed by atoms with Crippen LogP contribution in [0.1, 0.15) is 27.7 Å². The smallest absolute Gasteiger partial charge is 0.295 e. The van der Waals surface area contributed by atoms with E-state index >= 15 is 0 Å². The minimum absolute atomic E-state index is 0.0709. The molecule has 148 valence electrons. The molecule has 1 aromatic heterocycles. The zero-order valence-electron chi connectivity index (χ0n) is 15.2. The Morgan fingerprint density at radius 3 is 2.37 bits per heavy atom. The molecule has 0 spiro atoms. The quantitative estimate of drug-likeness (QED) is 0.385. The highest BCUT2D eigenvalue weighted by molar-refractivity contribution is 6.31. The van der Waals surface area contributed by atoms with Gasteiger partial charge in [-0.3, -0.25) is 14.5 Å². The number of anilines is 1. The first kappa shape index (κ1) is 18.9. The summed E-state index contributed by atoms with van der Waals surface area (Å²) in [5.41, 5.74) is 0.941. The van der Waals surface area contributed by atoms with E-state index in [0.717, 1.165) is 6.07 Å². The molecule has 0 saturated heterocycles. The van der Waals surface area contributed by atoms with Gasteiger partial charge < -0.3 is 4.42 Å². The van der Waals surface area contributed by atoms with Crippen molar-refractivity contribution >= 4 is 45.8 Å². The molecule has 30 heavy (non-hydrogen) atoms. The molecule has 0 N–H and O–H groups in total. The van der Waals surface area contributed by atoms with E-state index in [1.165, 1.54) is 17.0 Å². The molecule has 4 aromatic rings. The Hall–Kier alpha value is -3.15. The second-order valence-electron chi connectivity index (χ2n) is 6.93. The van der Waals surface area contributed by atoms with Crippen molar-refractivity contribution in [1.82, 2.24) is 0 Å². The van der Waals surface area contributed by atoms with E-state index in [1.807, 2.05) is 0 Å². The molecular formula is C23H12Cl2FNO3. The lowest BCUT2D eigenvalue weighted by molar-refractivity contribution is 0.0971. The number of amides is 1. The Labute approximate surface area is 180 Å². The first-order valence-electron chi connectivity index (χ1n) is 9.05. The summed E-state index contributed by atoms with van der Waals surface area (Å²) in [5, 5.41) is 0.963. The van der Waals surface area contributed by atoms with Crippen molar-refractivity contribution in [2.45, 2.75) is 6.04 Å². The highest BCUT2D eigenvalue weighted by Crippen LogP contribution is 2.42. The van der Waals surface area contributed by atoms with Crippen molar-refractivity contribution in [2.24, 2.45) is 0 Å². The third kappa shape index (κ3) is 2.90. The molecule has 2 heterocycles. The van der Waals surface area contributed by atoms with Crippen LogP contribution in [-0.2, 0) is 0 Å². The van der Waals surface area contributed by atoms with Gasteiger partial charge in [-0.2, -0.15) is 0 Å². The standard InChI is InChI=1S/C23H12Cl2FNO3/c24-13-4-1-3-12(9-13)20-19-21(28)17-11-15(26)7-8-18(17)30-22(19)23(29)27(20)16-6-2-5-14(25)10-16/h1-11,20H. The molecular weight excluding hydrogens is 428 g/mol. The average molecular weight is 440 g/mol. The fraction of sp³-hybridized carbons (Fsp3) is 0.0435. The fourth-order valence-electron chi connectivity index (χ4n) is 3.83. The van der Waals surface area contributed by atoms with Crippen molar-refractivity contribution in [3.63, 3.8) is 0 Å². The minimum Gasteiger partial charge on any atom is -0.450 e. The van der Waals surface area contributed by atoms with Gasteiger partial charge in [0.1, 0.15) is 11.4 Å².